The molecule has 125 heavy (non-hydrogen) atoms. The zero-order valence-corrected chi connectivity index (χ0v) is 68.0. The Morgan fingerprint density at radius 2 is 0.432 bits per heavy atom. The van der Waals surface area contributed by atoms with Crippen LogP contribution in [0.4, 0.5) is 68.2 Å². The maximum absolute atomic E-state index is 6.97. The summed E-state index contributed by atoms with van der Waals surface area (Å²) in [6.07, 6.45) is 0. The first-order valence-electron chi connectivity index (χ1n) is 42.5. The van der Waals surface area contributed by atoms with Gasteiger partial charge in [-0.05, 0) is 236 Å². The lowest BCUT2D eigenvalue weighted by atomic mass is 9.95. The van der Waals surface area contributed by atoms with Crippen LogP contribution >= 0.6 is 0 Å². The molecule has 0 saturated carbocycles. The van der Waals surface area contributed by atoms with E-state index in [0.29, 0.717) is 0 Å². The molecular formula is C118H78N4O3. The Hall–Kier alpha value is -16.7. The Morgan fingerprint density at radius 3 is 0.872 bits per heavy atom. The van der Waals surface area contributed by atoms with Gasteiger partial charge in [-0.25, -0.2) is 0 Å². The summed E-state index contributed by atoms with van der Waals surface area (Å²) < 4.78 is 20.6. The van der Waals surface area contributed by atoms with Crippen LogP contribution in [-0.2, 0) is 0 Å². The second kappa shape index (κ2) is 31.4. The van der Waals surface area contributed by atoms with Gasteiger partial charge in [0.25, 0.3) is 0 Å². The lowest BCUT2D eigenvalue weighted by molar-refractivity contribution is 0.669. The molecule has 0 saturated heterocycles. The SMILES string of the molecule is c1ccc(-c2ccccc2N(c2ccc(-c3ccc4c(c3)oc3c5ccc(N(c6ccccc6)c6ccccc6)cc5c5ccccc5c43)cc2)c2cccc3c2oc2ccccc23)cc1.c1ccc(-c2ccccc2N(c2ccccc2)c2ccc(-c3ccc4c(c3)oc3c5ccc(N(c6ccccc6)c6ccccc6)cc5c5ccccc5c43)cc2)cc1. The third-order valence-electron chi connectivity index (χ3n) is 24.4. The molecule has 3 heterocycles. The summed E-state index contributed by atoms with van der Waals surface area (Å²) in [5.74, 6) is 0. The quantitative estimate of drug-likeness (QED) is 0.0894. The number of para-hydroxylation sites is 9. The molecule has 7 nitrogen and oxygen atoms in total. The van der Waals surface area contributed by atoms with Crippen LogP contribution in [0.15, 0.2) is 486 Å². The Balaban J connectivity index is 0.000000145. The van der Waals surface area contributed by atoms with Crippen LogP contribution in [0.1, 0.15) is 0 Å². The normalized spacial score (nSPS) is 11.5. The zero-order valence-electron chi connectivity index (χ0n) is 68.0. The molecule has 0 unspecified atom stereocenters. The van der Waals surface area contributed by atoms with Crippen molar-refractivity contribution in [3.63, 3.8) is 0 Å². The number of furan rings is 3. The van der Waals surface area contributed by atoms with Gasteiger partial charge in [0.05, 0.1) is 17.1 Å². The smallest absolute Gasteiger partial charge is 0.159 e. The lowest BCUT2D eigenvalue weighted by Crippen LogP contribution is -2.11. The molecule has 7 heteroatoms. The van der Waals surface area contributed by atoms with Crippen molar-refractivity contribution in [2.75, 3.05) is 19.6 Å². The van der Waals surface area contributed by atoms with E-state index in [0.717, 1.165) is 189 Å². The van der Waals surface area contributed by atoms with Crippen molar-refractivity contribution >= 4 is 177 Å². The van der Waals surface area contributed by atoms with Crippen molar-refractivity contribution < 1.29 is 13.3 Å². The first kappa shape index (κ1) is 73.4. The van der Waals surface area contributed by atoms with E-state index in [2.05, 4.69) is 481 Å². The minimum absolute atomic E-state index is 0.849. The van der Waals surface area contributed by atoms with E-state index in [1.165, 1.54) is 32.7 Å². The molecule has 0 aliphatic carbocycles. The maximum atomic E-state index is 6.97. The number of benzene rings is 21. The third-order valence-corrected chi connectivity index (χ3v) is 24.4. The van der Waals surface area contributed by atoms with Crippen LogP contribution in [0.2, 0.25) is 0 Å². The summed E-state index contributed by atoms with van der Waals surface area (Å²) in [4.78, 5) is 9.31. The summed E-state index contributed by atoms with van der Waals surface area (Å²) in [5, 5.41) is 16.0. The van der Waals surface area contributed by atoms with Gasteiger partial charge in [-0.15, -0.1) is 0 Å². The van der Waals surface area contributed by atoms with E-state index in [-0.39, 0.29) is 0 Å². The fourth-order valence-corrected chi connectivity index (χ4v) is 18.7. The van der Waals surface area contributed by atoms with Crippen molar-refractivity contribution in [3.8, 4) is 44.5 Å². The monoisotopic (exact) mass is 1600 g/mol. The van der Waals surface area contributed by atoms with Gasteiger partial charge in [0, 0.05) is 105 Å². The molecule has 0 aliphatic rings. The van der Waals surface area contributed by atoms with E-state index in [9.17, 15) is 0 Å². The van der Waals surface area contributed by atoms with Crippen LogP contribution in [0.5, 0.6) is 0 Å². The highest BCUT2D eigenvalue weighted by atomic mass is 16.3. The van der Waals surface area contributed by atoms with Crippen molar-refractivity contribution in [2.24, 2.45) is 0 Å². The van der Waals surface area contributed by atoms with E-state index in [1.807, 2.05) is 12.1 Å². The van der Waals surface area contributed by atoms with Crippen molar-refractivity contribution in [1.82, 2.24) is 0 Å². The second-order valence-corrected chi connectivity index (χ2v) is 31.7. The second-order valence-electron chi connectivity index (χ2n) is 31.7. The average Bonchev–Trinajstić information content (AvgIpc) is 1.59. The van der Waals surface area contributed by atoms with Crippen LogP contribution in [0.25, 0.3) is 153 Å². The molecule has 0 amide bonds. The Morgan fingerprint density at radius 1 is 0.136 bits per heavy atom. The first-order chi connectivity index (χ1) is 62.0. The number of hydrogen-bond acceptors (Lipinski definition) is 7. The highest BCUT2D eigenvalue weighted by molar-refractivity contribution is 6.32. The first-order valence-corrected chi connectivity index (χ1v) is 42.5. The van der Waals surface area contributed by atoms with Gasteiger partial charge in [-0.2, -0.15) is 0 Å². The van der Waals surface area contributed by atoms with Gasteiger partial charge >= 0.3 is 0 Å². The number of rotatable bonds is 16. The topological polar surface area (TPSA) is 52.4 Å². The summed E-state index contributed by atoms with van der Waals surface area (Å²) in [6, 6.07) is 168. The van der Waals surface area contributed by atoms with E-state index < -0.39 is 0 Å². The van der Waals surface area contributed by atoms with E-state index in [4.69, 9.17) is 13.3 Å². The summed E-state index contributed by atoms with van der Waals surface area (Å²) in [5.41, 5.74) is 27.3. The molecule has 21 aromatic carbocycles. The van der Waals surface area contributed by atoms with Crippen LogP contribution < -0.4 is 19.6 Å². The van der Waals surface area contributed by atoms with Gasteiger partial charge in [0.1, 0.15) is 27.9 Å². The minimum atomic E-state index is 0.849. The van der Waals surface area contributed by atoms with Crippen LogP contribution in [0.3, 0.4) is 0 Å². The largest absolute Gasteiger partial charge is 0.455 e. The summed E-state index contributed by atoms with van der Waals surface area (Å²) in [6.45, 7) is 0. The molecule has 0 N–H and O–H groups in total. The molecule has 0 bridgehead atoms. The fraction of sp³-hybridized carbons (Fsp3) is 0. The van der Waals surface area contributed by atoms with Crippen molar-refractivity contribution in [1.29, 1.82) is 0 Å². The molecule has 24 rings (SSSR count). The number of anilines is 12. The molecule has 0 atom stereocenters. The molecule has 0 radical (unpaired) electrons. The van der Waals surface area contributed by atoms with E-state index in [1.54, 1.807) is 0 Å². The molecule has 24 aromatic rings. The van der Waals surface area contributed by atoms with Gasteiger partial charge in [0.2, 0.25) is 0 Å². The number of hydrogen-bond donors (Lipinski definition) is 0. The number of fused-ring (bicyclic) bond motifs is 19. The van der Waals surface area contributed by atoms with Gasteiger partial charge in [-0.3, -0.25) is 0 Å². The molecular weight excluding hydrogens is 1520 g/mol. The predicted octanol–water partition coefficient (Wildman–Crippen LogP) is 34.2. The average molecular weight is 1600 g/mol. The third kappa shape index (κ3) is 13.2. The Labute approximate surface area is 722 Å². The fourth-order valence-electron chi connectivity index (χ4n) is 18.7. The predicted molar refractivity (Wildman–Crippen MR) is 525 cm³/mol. The Kier molecular flexibility index (Phi) is 18.5. The van der Waals surface area contributed by atoms with E-state index >= 15 is 0 Å². The number of nitrogens with zero attached hydrogens (tertiary/aromatic N) is 4. The molecule has 0 fully saturated rings. The molecule has 0 spiro atoms. The standard InChI is InChI=1S/C62H40N2O2.C56H38N2O/c1-4-17-42(18-5-1)48-23-12-14-28-56(48)64(57-29-16-27-52-50-25-13-15-30-58(50)65-61(52)57)46-34-31-41(32-35-46)43-33-37-54-59(39-43)66-62-53-38-36-47(40-55(53)49-24-10-11-26-51(49)60(54)62)63(44-19-6-2-7-20-44)45-21-8-3-9-22-45;1-5-17-40(18-6-1)47-25-15-16-28-53(47)58(44-23-11-4-12-24-44)45-32-29-39(30-33-45)41-31-35-51-54(37-41)59-56-50-36-34-46(38-52(50)48-26-13-14-27-49(48)55(51)56)57(42-19-7-2-8-20-42)43-21-9-3-10-22-43/h1-40H;1-38H. The van der Waals surface area contributed by atoms with Crippen LogP contribution in [-0.4, -0.2) is 0 Å². The summed E-state index contributed by atoms with van der Waals surface area (Å²) >= 11 is 0. The molecule has 0 aliphatic heterocycles. The van der Waals surface area contributed by atoms with Gasteiger partial charge in [-0.1, -0.05) is 303 Å². The van der Waals surface area contributed by atoms with Gasteiger partial charge < -0.3 is 32.9 Å². The van der Waals surface area contributed by atoms with Crippen molar-refractivity contribution in [2.45, 2.75) is 0 Å². The Bertz CT molecular complexity index is 8060. The molecule has 588 valence electrons. The highest BCUT2D eigenvalue weighted by Gasteiger charge is 2.27. The van der Waals surface area contributed by atoms with Crippen molar-refractivity contribution in [3.05, 3.63) is 473 Å². The molecule has 3 aromatic heterocycles. The summed E-state index contributed by atoms with van der Waals surface area (Å²) in [7, 11) is 0. The maximum Gasteiger partial charge on any atom is 0.159 e. The minimum Gasteiger partial charge on any atom is -0.455 e. The van der Waals surface area contributed by atoms with Crippen LogP contribution in [0, 0.1) is 0 Å². The zero-order chi connectivity index (χ0) is 82.7. The lowest BCUT2D eigenvalue weighted by Gasteiger charge is -2.28. The highest BCUT2D eigenvalue weighted by Crippen LogP contribution is 2.51. The van der Waals surface area contributed by atoms with Gasteiger partial charge in [0.15, 0.2) is 5.58 Å².